The molecule has 0 radical (unpaired) electrons. The highest BCUT2D eigenvalue weighted by atomic mass is 79.9. The fourth-order valence-corrected chi connectivity index (χ4v) is 1.74. The lowest BCUT2D eigenvalue weighted by atomic mass is 10.1. The minimum atomic E-state index is -1.11. The van der Waals surface area contributed by atoms with Crippen LogP contribution in [0.3, 0.4) is 0 Å². The summed E-state index contributed by atoms with van der Waals surface area (Å²) in [5.74, 6) is -1.63. The molecule has 1 unspecified atom stereocenters. The number of carboxylic acids is 1. The van der Waals surface area contributed by atoms with Crippen molar-refractivity contribution in [2.24, 2.45) is 0 Å². The van der Waals surface area contributed by atoms with Crippen LogP contribution in [0, 0.1) is 0 Å². The first-order valence-electron chi connectivity index (χ1n) is 5.15. The monoisotopic (exact) mass is 312 g/mol. The van der Waals surface area contributed by atoms with Crippen LogP contribution in [-0.2, 0) is 4.79 Å². The summed E-state index contributed by atoms with van der Waals surface area (Å²) < 4.78 is 0.748. The summed E-state index contributed by atoms with van der Waals surface area (Å²) in [6.45, 7) is 3.45. The topological polar surface area (TPSA) is 92.4 Å². The average Bonchev–Trinajstić information content (AvgIpc) is 2.27. The van der Waals surface area contributed by atoms with E-state index in [1.54, 1.807) is 12.1 Å². The maximum Gasteiger partial charge on any atom is 0.326 e. The third-order valence-electron chi connectivity index (χ3n) is 2.26. The zero-order valence-corrected chi connectivity index (χ0v) is 11.1. The Bertz CT molecular complexity index is 488. The number of amides is 1. The van der Waals surface area contributed by atoms with Gasteiger partial charge in [0.25, 0.3) is 5.91 Å². The number of hydrogen-bond donors (Lipinski definition) is 3. The van der Waals surface area contributed by atoms with E-state index in [2.05, 4.69) is 27.8 Å². The molecule has 6 heteroatoms. The first-order chi connectivity index (χ1) is 8.45. The van der Waals surface area contributed by atoms with Crippen molar-refractivity contribution in [2.45, 2.75) is 12.5 Å². The van der Waals surface area contributed by atoms with E-state index in [4.69, 9.17) is 10.8 Å². The van der Waals surface area contributed by atoms with Crippen LogP contribution in [-0.4, -0.2) is 23.0 Å². The fraction of sp³-hybridized carbons (Fsp3) is 0.167. The maximum atomic E-state index is 11.9. The van der Waals surface area contributed by atoms with Gasteiger partial charge in [-0.1, -0.05) is 22.0 Å². The van der Waals surface area contributed by atoms with E-state index in [9.17, 15) is 9.59 Å². The normalized spacial score (nSPS) is 11.6. The Labute approximate surface area is 113 Å². The van der Waals surface area contributed by atoms with Crippen molar-refractivity contribution in [1.82, 2.24) is 5.32 Å². The number of carbonyl (C=O) groups is 2. The smallest absolute Gasteiger partial charge is 0.326 e. The number of anilines is 1. The molecule has 1 aromatic carbocycles. The highest BCUT2D eigenvalue weighted by molar-refractivity contribution is 9.10. The third kappa shape index (κ3) is 3.59. The summed E-state index contributed by atoms with van der Waals surface area (Å²) in [4.78, 5) is 22.8. The molecule has 5 nitrogen and oxygen atoms in total. The van der Waals surface area contributed by atoms with E-state index >= 15 is 0 Å². The van der Waals surface area contributed by atoms with Gasteiger partial charge in [0.2, 0.25) is 0 Å². The molecule has 0 spiro atoms. The fourth-order valence-electron chi connectivity index (χ4n) is 1.36. The number of carboxylic acid groups (broad SMARTS) is 1. The largest absolute Gasteiger partial charge is 0.480 e. The number of aliphatic carboxylic acids is 1. The van der Waals surface area contributed by atoms with Crippen LogP contribution in [0.15, 0.2) is 35.3 Å². The molecule has 1 rings (SSSR count). The molecule has 0 aliphatic heterocycles. The van der Waals surface area contributed by atoms with Crippen molar-refractivity contribution in [3.8, 4) is 0 Å². The second-order valence-corrected chi connectivity index (χ2v) is 4.54. The molecule has 1 atom stereocenters. The van der Waals surface area contributed by atoms with Gasteiger partial charge in [0, 0.05) is 10.2 Å². The van der Waals surface area contributed by atoms with Gasteiger partial charge in [0.1, 0.15) is 6.04 Å². The van der Waals surface area contributed by atoms with Crippen molar-refractivity contribution >= 4 is 33.5 Å². The Morgan fingerprint density at radius 1 is 1.56 bits per heavy atom. The zero-order chi connectivity index (χ0) is 13.7. The number of rotatable bonds is 5. The summed E-state index contributed by atoms with van der Waals surface area (Å²) in [5, 5.41) is 11.3. The first kappa shape index (κ1) is 14.2. The number of nitrogens with one attached hydrogen (secondary N) is 1. The lowest BCUT2D eigenvalue weighted by Crippen LogP contribution is -2.40. The minimum absolute atomic E-state index is 0.150. The van der Waals surface area contributed by atoms with E-state index in [-0.39, 0.29) is 17.7 Å². The molecule has 0 saturated heterocycles. The molecule has 4 N–H and O–H groups in total. The van der Waals surface area contributed by atoms with E-state index < -0.39 is 17.9 Å². The first-order valence-corrected chi connectivity index (χ1v) is 5.94. The highest BCUT2D eigenvalue weighted by Crippen LogP contribution is 2.18. The van der Waals surface area contributed by atoms with Crippen LogP contribution in [0.2, 0.25) is 0 Å². The average molecular weight is 313 g/mol. The van der Waals surface area contributed by atoms with E-state index in [1.807, 2.05) is 0 Å². The van der Waals surface area contributed by atoms with Gasteiger partial charge in [-0.3, -0.25) is 4.79 Å². The molecule has 0 fully saturated rings. The van der Waals surface area contributed by atoms with Crippen molar-refractivity contribution in [3.63, 3.8) is 0 Å². The number of nitrogens with two attached hydrogens (primary N) is 1. The Morgan fingerprint density at radius 3 is 2.72 bits per heavy atom. The predicted molar refractivity (Wildman–Crippen MR) is 72.3 cm³/mol. The van der Waals surface area contributed by atoms with Gasteiger partial charge in [-0.25, -0.2) is 4.79 Å². The molecule has 1 aromatic rings. The number of halogens is 1. The number of carbonyl (C=O) groups excluding carboxylic acids is 1. The van der Waals surface area contributed by atoms with Crippen LogP contribution in [0.5, 0.6) is 0 Å². The minimum Gasteiger partial charge on any atom is -0.480 e. The SMILES string of the molecule is C=CCC(NC(=O)c1ccc(Br)cc1N)C(=O)O. The molecule has 0 saturated carbocycles. The predicted octanol–water partition coefficient (Wildman–Crippen LogP) is 1.79. The van der Waals surface area contributed by atoms with Gasteiger partial charge >= 0.3 is 5.97 Å². The Balaban J connectivity index is 2.86. The Kier molecular flexibility index (Phi) is 4.91. The van der Waals surface area contributed by atoms with E-state index in [1.165, 1.54) is 12.1 Å². The molecule has 0 bridgehead atoms. The molecule has 18 heavy (non-hydrogen) atoms. The van der Waals surface area contributed by atoms with Gasteiger partial charge in [0.05, 0.1) is 5.56 Å². The molecular formula is C12H13BrN2O3. The van der Waals surface area contributed by atoms with Gasteiger partial charge in [-0.15, -0.1) is 6.58 Å². The summed E-state index contributed by atoms with van der Waals surface area (Å²) in [5.41, 5.74) is 6.22. The van der Waals surface area contributed by atoms with Crippen molar-refractivity contribution in [2.75, 3.05) is 5.73 Å². The quantitative estimate of drug-likeness (QED) is 0.571. The van der Waals surface area contributed by atoms with E-state index in [0.717, 1.165) is 4.47 Å². The number of hydrogen-bond acceptors (Lipinski definition) is 3. The van der Waals surface area contributed by atoms with E-state index in [0.29, 0.717) is 0 Å². The Hall–Kier alpha value is -1.82. The highest BCUT2D eigenvalue weighted by Gasteiger charge is 2.20. The second-order valence-electron chi connectivity index (χ2n) is 3.62. The lowest BCUT2D eigenvalue weighted by Gasteiger charge is -2.13. The van der Waals surface area contributed by atoms with Crippen molar-refractivity contribution in [1.29, 1.82) is 0 Å². The summed E-state index contributed by atoms with van der Waals surface area (Å²) in [6.07, 6.45) is 1.58. The van der Waals surface area contributed by atoms with Gasteiger partial charge < -0.3 is 16.2 Å². The molecule has 0 aromatic heterocycles. The second kappa shape index (κ2) is 6.20. The van der Waals surface area contributed by atoms with Gasteiger partial charge in [-0.2, -0.15) is 0 Å². The molecule has 1 amide bonds. The Morgan fingerprint density at radius 2 is 2.22 bits per heavy atom. The van der Waals surface area contributed by atoms with Crippen LogP contribution in [0.1, 0.15) is 16.8 Å². The molecule has 0 heterocycles. The standard InChI is InChI=1S/C12H13BrN2O3/c1-2-3-10(12(17)18)15-11(16)8-5-4-7(13)6-9(8)14/h2,4-6,10H,1,3,14H2,(H,15,16)(H,17,18). The molecule has 0 aliphatic carbocycles. The number of benzene rings is 1. The zero-order valence-electron chi connectivity index (χ0n) is 9.52. The summed E-state index contributed by atoms with van der Waals surface area (Å²) >= 11 is 3.23. The molecule has 96 valence electrons. The van der Waals surface area contributed by atoms with Crippen molar-refractivity contribution in [3.05, 3.63) is 40.9 Å². The van der Waals surface area contributed by atoms with Gasteiger partial charge in [0.15, 0.2) is 0 Å². The lowest BCUT2D eigenvalue weighted by molar-refractivity contribution is -0.139. The van der Waals surface area contributed by atoms with Crippen LogP contribution < -0.4 is 11.1 Å². The van der Waals surface area contributed by atoms with Crippen LogP contribution in [0.25, 0.3) is 0 Å². The molecule has 0 aliphatic rings. The number of nitrogen functional groups attached to an aromatic ring is 1. The summed E-state index contributed by atoms with van der Waals surface area (Å²) in [7, 11) is 0. The summed E-state index contributed by atoms with van der Waals surface area (Å²) in [6, 6.07) is 3.77. The van der Waals surface area contributed by atoms with Crippen molar-refractivity contribution < 1.29 is 14.7 Å². The van der Waals surface area contributed by atoms with Crippen LogP contribution in [0.4, 0.5) is 5.69 Å². The van der Waals surface area contributed by atoms with Gasteiger partial charge in [-0.05, 0) is 24.6 Å². The van der Waals surface area contributed by atoms with Crippen LogP contribution >= 0.6 is 15.9 Å². The third-order valence-corrected chi connectivity index (χ3v) is 2.76. The molecular weight excluding hydrogens is 300 g/mol. The maximum absolute atomic E-state index is 11.9.